The first kappa shape index (κ1) is 12.3. The van der Waals surface area contributed by atoms with Crippen LogP contribution in [0.5, 0.6) is 0 Å². The summed E-state index contributed by atoms with van der Waals surface area (Å²) < 4.78 is 1.13. The average Bonchev–Trinajstić information content (AvgIpc) is 2.85. The first-order chi connectivity index (χ1) is 8.31. The first-order valence-corrected chi connectivity index (χ1v) is 6.43. The standard InChI is InChI=1S/C12H15BrN4/c1-2-14-11(12-8-15-17-16-12)7-9-5-3-4-6-10(9)13/h3-6,8,11,14H,2,7H2,1H3,(H,15,16,17). The number of nitrogens with zero attached hydrogens (tertiary/aromatic N) is 2. The quantitative estimate of drug-likeness (QED) is 0.891. The molecule has 0 spiro atoms. The summed E-state index contributed by atoms with van der Waals surface area (Å²) in [5, 5.41) is 14.1. The molecule has 0 aliphatic heterocycles. The molecule has 0 fully saturated rings. The minimum atomic E-state index is 0.192. The predicted octanol–water partition coefficient (Wildman–Crippen LogP) is 2.46. The number of H-pyrrole nitrogens is 1. The van der Waals surface area contributed by atoms with Crippen molar-refractivity contribution in [2.45, 2.75) is 19.4 Å². The van der Waals surface area contributed by atoms with Gasteiger partial charge in [0, 0.05) is 4.47 Å². The summed E-state index contributed by atoms with van der Waals surface area (Å²) in [6, 6.07) is 8.44. The van der Waals surface area contributed by atoms with E-state index < -0.39 is 0 Å². The maximum Gasteiger partial charge on any atom is 0.0997 e. The highest BCUT2D eigenvalue weighted by Gasteiger charge is 2.14. The number of hydrogen-bond donors (Lipinski definition) is 2. The number of rotatable bonds is 5. The molecule has 2 rings (SSSR count). The van der Waals surface area contributed by atoms with Crippen LogP contribution >= 0.6 is 15.9 Å². The molecule has 0 amide bonds. The normalized spacial score (nSPS) is 12.6. The molecule has 0 radical (unpaired) electrons. The van der Waals surface area contributed by atoms with E-state index in [-0.39, 0.29) is 6.04 Å². The zero-order chi connectivity index (χ0) is 12.1. The second-order valence-electron chi connectivity index (χ2n) is 3.80. The second-order valence-corrected chi connectivity index (χ2v) is 4.66. The van der Waals surface area contributed by atoms with Gasteiger partial charge in [0.05, 0.1) is 17.9 Å². The van der Waals surface area contributed by atoms with Crippen LogP contribution < -0.4 is 5.32 Å². The molecule has 5 heteroatoms. The van der Waals surface area contributed by atoms with Crippen LogP contribution in [0.4, 0.5) is 0 Å². The van der Waals surface area contributed by atoms with Gasteiger partial charge in [-0.2, -0.15) is 15.4 Å². The number of aromatic amines is 1. The molecule has 0 saturated heterocycles. The van der Waals surface area contributed by atoms with Crippen LogP contribution in [0.2, 0.25) is 0 Å². The minimum Gasteiger partial charge on any atom is -0.309 e. The minimum absolute atomic E-state index is 0.192. The van der Waals surface area contributed by atoms with Gasteiger partial charge < -0.3 is 5.32 Å². The zero-order valence-corrected chi connectivity index (χ0v) is 11.2. The molecule has 2 aromatic rings. The van der Waals surface area contributed by atoms with Gasteiger partial charge in [-0.15, -0.1) is 0 Å². The fourth-order valence-electron chi connectivity index (χ4n) is 1.79. The molecule has 1 unspecified atom stereocenters. The Balaban J connectivity index is 2.16. The lowest BCUT2D eigenvalue weighted by Crippen LogP contribution is -2.23. The Hall–Kier alpha value is -1.20. The molecule has 90 valence electrons. The first-order valence-electron chi connectivity index (χ1n) is 5.63. The average molecular weight is 295 g/mol. The van der Waals surface area contributed by atoms with Gasteiger partial charge >= 0.3 is 0 Å². The van der Waals surface area contributed by atoms with Gasteiger partial charge in [0.1, 0.15) is 0 Å². The molecule has 0 saturated carbocycles. The van der Waals surface area contributed by atoms with Crippen molar-refractivity contribution < 1.29 is 0 Å². The van der Waals surface area contributed by atoms with Crippen molar-refractivity contribution >= 4 is 15.9 Å². The molecule has 1 atom stereocenters. The van der Waals surface area contributed by atoms with Gasteiger partial charge in [-0.3, -0.25) is 0 Å². The molecule has 2 N–H and O–H groups in total. The van der Waals surface area contributed by atoms with E-state index in [0.717, 1.165) is 23.1 Å². The van der Waals surface area contributed by atoms with E-state index in [0.29, 0.717) is 0 Å². The van der Waals surface area contributed by atoms with E-state index in [1.165, 1.54) is 5.56 Å². The fourth-order valence-corrected chi connectivity index (χ4v) is 2.24. The summed E-state index contributed by atoms with van der Waals surface area (Å²) in [5.41, 5.74) is 2.21. The highest BCUT2D eigenvalue weighted by atomic mass is 79.9. The van der Waals surface area contributed by atoms with E-state index in [9.17, 15) is 0 Å². The SMILES string of the molecule is CCNC(Cc1ccccc1Br)c1cn[nH]n1. The van der Waals surface area contributed by atoms with E-state index in [1.54, 1.807) is 6.20 Å². The third-order valence-electron chi connectivity index (χ3n) is 2.62. The third kappa shape index (κ3) is 3.14. The van der Waals surface area contributed by atoms with Crippen LogP contribution in [0.3, 0.4) is 0 Å². The molecule has 1 aromatic carbocycles. The summed E-state index contributed by atoms with van der Waals surface area (Å²) in [6.07, 6.45) is 2.66. The molecule has 17 heavy (non-hydrogen) atoms. The smallest absolute Gasteiger partial charge is 0.0997 e. The maximum absolute atomic E-state index is 4.15. The van der Waals surface area contributed by atoms with Crippen molar-refractivity contribution in [1.82, 2.24) is 20.7 Å². The molecule has 0 aliphatic rings. The van der Waals surface area contributed by atoms with Crippen molar-refractivity contribution in [3.63, 3.8) is 0 Å². The number of likely N-dealkylation sites (N-methyl/N-ethyl adjacent to an activating group) is 1. The monoisotopic (exact) mass is 294 g/mol. The van der Waals surface area contributed by atoms with Gasteiger partial charge in [0.15, 0.2) is 0 Å². The van der Waals surface area contributed by atoms with Gasteiger partial charge in [-0.25, -0.2) is 0 Å². The Kier molecular flexibility index (Phi) is 4.28. The number of benzene rings is 1. The Morgan fingerprint density at radius 2 is 2.24 bits per heavy atom. The molecular weight excluding hydrogens is 280 g/mol. The van der Waals surface area contributed by atoms with Crippen LogP contribution in [0.1, 0.15) is 24.2 Å². The van der Waals surface area contributed by atoms with Crippen molar-refractivity contribution in [2.75, 3.05) is 6.54 Å². The zero-order valence-electron chi connectivity index (χ0n) is 9.65. The lowest BCUT2D eigenvalue weighted by Gasteiger charge is -2.16. The van der Waals surface area contributed by atoms with E-state index in [4.69, 9.17) is 0 Å². The Bertz CT molecular complexity index is 455. The summed E-state index contributed by atoms with van der Waals surface area (Å²) in [4.78, 5) is 0. The summed E-state index contributed by atoms with van der Waals surface area (Å²) in [6.45, 7) is 3.00. The highest BCUT2D eigenvalue weighted by molar-refractivity contribution is 9.10. The Morgan fingerprint density at radius 3 is 2.88 bits per heavy atom. The van der Waals surface area contributed by atoms with Crippen LogP contribution in [0.25, 0.3) is 0 Å². The number of aromatic nitrogens is 3. The number of nitrogens with one attached hydrogen (secondary N) is 2. The third-order valence-corrected chi connectivity index (χ3v) is 3.40. The molecular formula is C12H15BrN4. The molecule has 0 aliphatic carbocycles. The van der Waals surface area contributed by atoms with Gasteiger partial charge in [-0.1, -0.05) is 41.1 Å². The summed E-state index contributed by atoms with van der Waals surface area (Å²) in [5.74, 6) is 0. The summed E-state index contributed by atoms with van der Waals surface area (Å²) >= 11 is 3.57. The van der Waals surface area contributed by atoms with Crippen LogP contribution in [-0.4, -0.2) is 22.0 Å². The van der Waals surface area contributed by atoms with Gasteiger partial charge in [-0.05, 0) is 24.6 Å². The van der Waals surface area contributed by atoms with E-state index >= 15 is 0 Å². The van der Waals surface area contributed by atoms with Crippen LogP contribution in [0, 0.1) is 0 Å². The Labute approximate surface area is 109 Å². The van der Waals surface area contributed by atoms with Crippen molar-refractivity contribution in [3.8, 4) is 0 Å². The largest absolute Gasteiger partial charge is 0.309 e. The maximum atomic E-state index is 4.15. The fraction of sp³-hybridized carbons (Fsp3) is 0.333. The summed E-state index contributed by atoms with van der Waals surface area (Å²) in [7, 11) is 0. The van der Waals surface area contributed by atoms with E-state index in [1.807, 2.05) is 12.1 Å². The number of hydrogen-bond acceptors (Lipinski definition) is 3. The lowest BCUT2D eigenvalue weighted by molar-refractivity contribution is 0.535. The molecule has 1 heterocycles. The number of halogens is 1. The van der Waals surface area contributed by atoms with Crippen LogP contribution in [0.15, 0.2) is 34.9 Å². The molecule has 0 bridgehead atoms. The highest BCUT2D eigenvalue weighted by Crippen LogP contribution is 2.22. The molecule has 1 aromatic heterocycles. The lowest BCUT2D eigenvalue weighted by atomic mass is 10.0. The second kappa shape index (κ2) is 5.93. The topological polar surface area (TPSA) is 53.6 Å². The van der Waals surface area contributed by atoms with Gasteiger partial charge in [0.25, 0.3) is 0 Å². The predicted molar refractivity (Wildman–Crippen MR) is 70.6 cm³/mol. The van der Waals surface area contributed by atoms with Crippen molar-refractivity contribution in [2.24, 2.45) is 0 Å². The van der Waals surface area contributed by atoms with Crippen LogP contribution in [-0.2, 0) is 6.42 Å². The Morgan fingerprint density at radius 1 is 1.41 bits per heavy atom. The van der Waals surface area contributed by atoms with E-state index in [2.05, 4.69) is 55.7 Å². The molecule has 4 nitrogen and oxygen atoms in total. The van der Waals surface area contributed by atoms with Crippen molar-refractivity contribution in [1.29, 1.82) is 0 Å². The van der Waals surface area contributed by atoms with Gasteiger partial charge in [0.2, 0.25) is 0 Å². The van der Waals surface area contributed by atoms with Crippen molar-refractivity contribution in [3.05, 3.63) is 46.2 Å².